The lowest BCUT2D eigenvalue weighted by atomic mass is 10.1. The van der Waals surface area contributed by atoms with E-state index in [-0.39, 0.29) is 18.4 Å². The van der Waals surface area contributed by atoms with Crippen molar-refractivity contribution in [3.05, 3.63) is 24.2 Å². The molecule has 0 unspecified atom stereocenters. The summed E-state index contributed by atoms with van der Waals surface area (Å²) >= 11 is 0. The van der Waals surface area contributed by atoms with Crippen molar-refractivity contribution in [3.63, 3.8) is 0 Å². The Morgan fingerprint density at radius 3 is 2.83 bits per heavy atom. The average molecular weight is 190 g/mol. The van der Waals surface area contributed by atoms with Crippen LogP contribution in [0.3, 0.4) is 0 Å². The van der Waals surface area contributed by atoms with Gasteiger partial charge < -0.3 is 10.2 Å². The van der Waals surface area contributed by atoms with E-state index in [0.29, 0.717) is 0 Å². The van der Waals surface area contributed by atoms with Gasteiger partial charge in [0.15, 0.2) is 0 Å². The molecule has 1 atom stereocenters. The van der Waals surface area contributed by atoms with Gasteiger partial charge in [-0.05, 0) is 12.5 Å². The van der Waals surface area contributed by atoms with Gasteiger partial charge in [0, 0.05) is 11.6 Å². The largest absolute Gasteiger partial charge is 0.472 e. The lowest BCUT2D eigenvalue weighted by Crippen LogP contribution is -2.08. The minimum Gasteiger partial charge on any atom is -0.472 e. The van der Waals surface area contributed by atoms with Gasteiger partial charge in [-0.2, -0.15) is 0 Å². The molecule has 0 aliphatic carbocycles. The highest BCUT2D eigenvalue weighted by atomic mass is 35.5. The van der Waals surface area contributed by atoms with Gasteiger partial charge in [-0.1, -0.05) is 19.8 Å². The third-order valence-corrected chi connectivity index (χ3v) is 1.84. The van der Waals surface area contributed by atoms with Crippen molar-refractivity contribution in [1.29, 1.82) is 0 Å². The van der Waals surface area contributed by atoms with Crippen molar-refractivity contribution in [2.24, 2.45) is 5.73 Å². The Labute approximate surface area is 79.5 Å². The molecule has 0 amide bonds. The van der Waals surface area contributed by atoms with Crippen molar-refractivity contribution >= 4 is 12.4 Å². The molecular formula is C9H16ClNO. The van der Waals surface area contributed by atoms with Crippen molar-refractivity contribution in [2.75, 3.05) is 0 Å². The SMILES string of the molecule is CCCC[C@@H](N)c1ccoc1.Cl. The molecule has 0 radical (unpaired) electrons. The predicted molar refractivity (Wildman–Crippen MR) is 52.4 cm³/mol. The molecule has 12 heavy (non-hydrogen) atoms. The molecule has 2 nitrogen and oxygen atoms in total. The summed E-state index contributed by atoms with van der Waals surface area (Å²) in [5.74, 6) is 0. The number of hydrogen-bond acceptors (Lipinski definition) is 2. The highest BCUT2D eigenvalue weighted by Crippen LogP contribution is 2.16. The Hall–Kier alpha value is -0.470. The maximum Gasteiger partial charge on any atom is 0.0950 e. The lowest BCUT2D eigenvalue weighted by Gasteiger charge is -2.06. The lowest BCUT2D eigenvalue weighted by molar-refractivity contribution is 0.549. The number of nitrogens with two attached hydrogens (primary N) is 1. The summed E-state index contributed by atoms with van der Waals surface area (Å²) in [7, 11) is 0. The fourth-order valence-corrected chi connectivity index (χ4v) is 1.08. The molecule has 0 spiro atoms. The first-order valence-corrected chi connectivity index (χ1v) is 4.12. The Balaban J connectivity index is 0.00000121. The zero-order chi connectivity index (χ0) is 8.10. The van der Waals surface area contributed by atoms with Crippen LogP contribution in [0, 0.1) is 0 Å². The van der Waals surface area contributed by atoms with Gasteiger partial charge in [0.1, 0.15) is 0 Å². The van der Waals surface area contributed by atoms with Gasteiger partial charge in [0.25, 0.3) is 0 Å². The van der Waals surface area contributed by atoms with E-state index in [2.05, 4.69) is 6.92 Å². The van der Waals surface area contributed by atoms with E-state index in [1.165, 1.54) is 12.8 Å². The number of hydrogen-bond donors (Lipinski definition) is 1. The van der Waals surface area contributed by atoms with Crippen LogP contribution in [0.5, 0.6) is 0 Å². The molecule has 70 valence electrons. The maximum absolute atomic E-state index is 5.87. The van der Waals surface area contributed by atoms with Gasteiger partial charge >= 0.3 is 0 Å². The van der Waals surface area contributed by atoms with Crippen LogP contribution in [-0.2, 0) is 0 Å². The predicted octanol–water partition coefficient (Wildman–Crippen LogP) is 2.89. The Kier molecular flexibility index (Phi) is 5.85. The topological polar surface area (TPSA) is 39.2 Å². The van der Waals surface area contributed by atoms with Crippen LogP contribution in [0.1, 0.15) is 37.8 Å². The average Bonchev–Trinajstić information content (AvgIpc) is 2.52. The molecule has 0 aromatic carbocycles. The number of halogens is 1. The zero-order valence-electron chi connectivity index (χ0n) is 7.32. The minimum absolute atomic E-state index is 0. The summed E-state index contributed by atoms with van der Waals surface area (Å²) in [6.07, 6.45) is 6.83. The van der Waals surface area contributed by atoms with E-state index < -0.39 is 0 Å². The van der Waals surface area contributed by atoms with Gasteiger partial charge in [-0.25, -0.2) is 0 Å². The van der Waals surface area contributed by atoms with E-state index >= 15 is 0 Å². The molecule has 2 N–H and O–H groups in total. The van der Waals surface area contributed by atoms with Crippen LogP contribution in [0.25, 0.3) is 0 Å². The normalized spacial score (nSPS) is 12.2. The van der Waals surface area contributed by atoms with Crippen LogP contribution in [0.15, 0.2) is 23.0 Å². The molecule has 0 saturated carbocycles. The second-order valence-electron chi connectivity index (χ2n) is 2.81. The first kappa shape index (κ1) is 11.5. The molecule has 0 aliphatic rings. The van der Waals surface area contributed by atoms with Gasteiger partial charge in [0.05, 0.1) is 12.5 Å². The Morgan fingerprint density at radius 1 is 1.58 bits per heavy atom. The van der Waals surface area contributed by atoms with Gasteiger partial charge in [-0.15, -0.1) is 12.4 Å². The van der Waals surface area contributed by atoms with Crippen molar-refractivity contribution in [1.82, 2.24) is 0 Å². The highest BCUT2D eigenvalue weighted by molar-refractivity contribution is 5.85. The third-order valence-electron chi connectivity index (χ3n) is 1.84. The molecule has 1 aromatic rings. The van der Waals surface area contributed by atoms with Crippen molar-refractivity contribution < 1.29 is 4.42 Å². The third kappa shape index (κ3) is 3.28. The number of rotatable bonds is 4. The fourth-order valence-electron chi connectivity index (χ4n) is 1.08. The maximum atomic E-state index is 5.87. The molecule has 1 heterocycles. The van der Waals surface area contributed by atoms with Gasteiger partial charge in [-0.3, -0.25) is 0 Å². The monoisotopic (exact) mass is 189 g/mol. The molecule has 1 rings (SSSR count). The number of unbranched alkanes of at least 4 members (excludes halogenated alkanes) is 1. The molecule has 1 aromatic heterocycles. The van der Waals surface area contributed by atoms with Gasteiger partial charge in [0.2, 0.25) is 0 Å². The molecule has 0 aliphatic heterocycles. The van der Waals surface area contributed by atoms with Crippen LogP contribution in [0.4, 0.5) is 0 Å². The van der Waals surface area contributed by atoms with Crippen molar-refractivity contribution in [3.8, 4) is 0 Å². The molecule has 3 heteroatoms. The van der Waals surface area contributed by atoms with Crippen molar-refractivity contribution in [2.45, 2.75) is 32.2 Å². The fraction of sp³-hybridized carbons (Fsp3) is 0.556. The van der Waals surface area contributed by atoms with Crippen LogP contribution < -0.4 is 5.73 Å². The summed E-state index contributed by atoms with van der Waals surface area (Å²) < 4.78 is 4.94. The highest BCUT2D eigenvalue weighted by Gasteiger charge is 2.04. The summed E-state index contributed by atoms with van der Waals surface area (Å²) in [4.78, 5) is 0. The first-order chi connectivity index (χ1) is 5.34. The van der Waals surface area contributed by atoms with Crippen LogP contribution in [-0.4, -0.2) is 0 Å². The van der Waals surface area contributed by atoms with E-state index in [4.69, 9.17) is 10.2 Å². The minimum atomic E-state index is 0. The second kappa shape index (κ2) is 6.09. The first-order valence-electron chi connectivity index (χ1n) is 4.12. The molecule has 0 fully saturated rings. The second-order valence-corrected chi connectivity index (χ2v) is 2.81. The molecular weight excluding hydrogens is 174 g/mol. The molecule has 0 bridgehead atoms. The van der Waals surface area contributed by atoms with E-state index in [1.807, 2.05) is 6.07 Å². The van der Waals surface area contributed by atoms with Crippen LogP contribution >= 0.6 is 12.4 Å². The Bertz CT molecular complexity index is 186. The Morgan fingerprint density at radius 2 is 2.33 bits per heavy atom. The van der Waals surface area contributed by atoms with E-state index in [0.717, 1.165) is 12.0 Å². The molecule has 0 saturated heterocycles. The zero-order valence-corrected chi connectivity index (χ0v) is 8.14. The summed E-state index contributed by atoms with van der Waals surface area (Å²) in [5, 5.41) is 0. The summed E-state index contributed by atoms with van der Waals surface area (Å²) in [6, 6.07) is 2.09. The summed E-state index contributed by atoms with van der Waals surface area (Å²) in [6.45, 7) is 2.17. The quantitative estimate of drug-likeness (QED) is 0.791. The smallest absolute Gasteiger partial charge is 0.0950 e. The number of furan rings is 1. The van der Waals surface area contributed by atoms with E-state index in [1.54, 1.807) is 12.5 Å². The van der Waals surface area contributed by atoms with E-state index in [9.17, 15) is 0 Å². The van der Waals surface area contributed by atoms with Crippen LogP contribution in [0.2, 0.25) is 0 Å². The summed E-state index contributed by atoms with van der Waals surface area (Å²) in [5.41, 5.74) is 6.98. The standard InChI is InChI=1S/C9H15NO.ClH/c1-2-3-4-9(10)8-5-6-11-7-8;/h5-7,9H,2-4,10H2,1H3;1H/t9-;/m1./s1.